The number of fused-ring (bicyclic) bond motifs is 1. The molecule has 0 saturated carbocycles. The van der Waals surface area contributed by atoms with Gasteiger partial charge < -0.3 is 20.5 Å². The largest absolute Gasteiger partial charge is 0.574 e. The molecule has 3 N–H and O–H groups in total. The van der Waals surface area contributed by atoms with Gasteiger partial charge in [0.15, 0.2) is 0 Å². The van der Waals surface area contributed by atoms with Crippen LogP contribution in [0.15, 0.2) is 58.5 Å². The minimum atomic E-state index is -4.88. The number of rotatable bonds is 6. The van der Waals surface area contributed by atoms with Gasteiger partial charge >= 0.3 is 6.36 Å². The fourth-order valence-electron chi connectivity index (χ4n) is 3.69. The second kappa shape index (κ2) is 11.7. The number of aliphatic imine (C=N–C) groups is 1. The van der Waals surface area contributed by atoms with Gasteiger partial charge in [0.25, 0.3) is 5.56 Å². The number of benzene rings is 1. The van der Waals surface area contributed by atoms with Crippen LogP contribution in [-0.2, 0) is 4.74 Å². The zero-order valence-electron chi connectivity index (χ0n) is 20.8. The number of hydrogen-bond donors (Lipinski definition) is 2. The monoisotopic (exact) mass is 515 g/mol. The lowest BCUT2D eigenvalue weighted by molar-refractivity contribution is -0.276. The molecular weight excluding hydrogens is 487 g/mol. The molecule has 0 aliphatic carbocycles. The van der Waals surface area contributed by atoms with Crippen molar-refractivity contribution in [3.05, 3.63) is 70.2 Å². The number of anilines is 2. The summed E-state index contributed by atoms with van der Waals surface area (Å²) in [7, 11) is 1.61. The Morgan fingerprint density at radius 2 is 1.97 bits per heavy atom. The van der Waals surface area contributed by atoms with Gasteiger partial charge in [-0.25, -0.2) is 4.98 Å². The summed E-state index contributed by atoms with van der Waals surface area (Å²) in [4.78, 5) is 21.4. The normalized spacial score (nSPS) is 14.5. The van der Waals surface area contributed by atoms with Crippen LogP contribution >= 0.6 is 0 Å². The number of nitrogens with zero attached hydrogens (tertiary/aromatic N) is 3. The lowest BCUT2D eigenvalue weighted by atomic mass is 10.0. The molecule has 1 aliphatic heterocycles. The molecule has 4 rings (SSSR count). The first-order valence-electron chi connectivity index (χ1n) is 11.6. The summed E-state index contributed by atoms with van der Waals surface area (Å²) in [6.07, 6.45) is 0.977. The van der Waals surface area contributed by atoms with Crippen molar-refractivity contribution in [1.29, 1.82) is 0 Å². The molecule has 1 aromatic carbocycles. The minimum absolute atomic E-state index is 0.242. The van der Waals surface area contributed by atoms with E-state index in [9.17, 15) is 18.0 Å². The van der Waals surface area contributed by atoms with Crippen LogP contribution in [-0.4, -0.2) is 42.0 Å². The molecule has 37 heavy (non-hydrogen) atoms. The van der Waals surface area contributed by atoms with E-state index in [0.29, 0.717) is 40.4 Å². The number of nitrogens with two attached hydrogens (primary N) is 1. The molecule has 3 aromatic rings. The fraction of sp³-hybridized carbons (Fsp3) is 0.269. The Labute approximate surface area is 212 Å². The van der Waals surface area contributed by atoms with Crippen LogP contribution in [0.1, 0.15) is 31.9 Å². The third kappa shape index (κ3) is 6.36. The number of nitrogens with one attached hydrogen (secondary N) is 1. The smallest absolute Gasteiger partial charge is 0.398 e. The molecular formula is C26H28F3N5O3. The highest BCUT2D eigenvalue weighted by molar-refractivity contribution is 5.89. The number of alkyl halides is 3. The summed E-state index contributed by atoms with van der Waals surface area (Å²) >= 11 is 0. The van der Waals surface area contributed by atoms with Crippen molar-refractivity contribution in [2.24, 2.45) is 4.99 Å². The number of hydrogen-bond acceptors (Lipinski definition) is 7. The average molecular weight is 516 g/mol. The lowest BCUT2D eigenvalue weighted by Gasteiger charge is -2.26. The number of pyridine rings is 2. The summed E-state index contributed by atoms with van der Waals surface area (Å²) in [5, 5.41) is 3.15. The van der Waals surface area contributed by atoms with Crippen molar-refractivity contribution >= 4 is 23.8 Å². The Hall–Kier alpha value is -4.12. The first kappa shape index (κ1) is 27.5. The molecule has 1 atom stereocenters. The van der Waals surface area contributed by atoms with E-state index in [4.69, 9.17) is 10.5 Å². The minimum Gasteiger partial charge on any atom is -0.398 e. The molecule has 3 heterocycles. The SMILES string of the molecule is CC.CCOC1C=Cc2cc(-c3ccc(N)c(C=NC)c3)c(=O)n(-c3ccc(OC(F)(F)F)nc3)c2N1. The van der Waals surface area contributed by atoms with Gasteiger partial charge in [0.1, 0.15) is 12.0 Å². The molecule has 196 valence electrons. The van der Waals surface area contributed by atoms with E-state index >= 15 is 0 Å². The highest BCUT2D eigenvalue weighted by Crippen LogP contribution is 2.30. The Morgan fingerprint density at radius 3 is 2.59 bits per heavy atom. The second-order valence-corrected chi connectivity index (χ2v) is 7.52. The van der Waals surface area contributed by atoms with Crippen molar-refractivity contribution in [2.45, 2.75) is 33.4 Å². The van der Waals surface area contributed by atoms with E-state index in [1.165, 1.54) is 10.6 Å². The van der Waals surface area contributed by atoms with Gasteiger partial charge in [-0.15, -0.1) is 13.2 Å². The van der Waals surface area contributed by atoms with Gasteiger partial charge in [-0.1, -0.05) is 26.0 Å². The fourth-order valence-corrected chi connectivity index (χ4v) is 3.69. The Morgan fingerprint density at radius 1 is 1.22 bits per heavy atom. The maximum absolute atomic E-state index is 13.7. The second-order valence-electron chi connectivity index (χ2n) is 7.52. The van der Waals surface area contributed by atoms with Crippen molar-refractivity contribution in [3.63, 3.8) is 0 Å². The molecule has 0 radical (unpaired) electrons. The summed E-state index contributed by atoms with van der Waals surface area (Å²) in [6, 6.07) is 9.25. The zero-order valence-corrected chi connectivity index (χ0v) is 20.8. The Bertz CT molecular complexity index is 1350. The standard InChI is InChI=1S/C24H22F3N5O3.C2H6/c1-3-34-21-8-5-15-11-18(14-4-7-19(28)16(10-14)12-29-2)23(33)32(22(15)31-21)17-6-9-20(30-13-17)35-24(25,26)27;1-2/h4-13,21,31H,3,28H2,1-2H3;1-2H3. The van der Waals surface area contributed by atoms with Crippen LogP contribution in [0.3, 0.4) is 0 Å². The lowest BCUT2D eigenvalue weighted by Crippen LogP contribution is -2.31. The van der Waals surface area contributed by atoms with Gasteiger partial charge in [-0.05, 0) is 42.8 Å². The van der Waals surface area contributed by atoms with Crippen LogP contribution in [0.2, 0.25) is 0 Å². The molecule has 8 nitrogen and oxygen atoms in total. The highest BCUT2D eigenvalue weighted by Gasteiger charge is 2.32. The van der Waals surface area contributed by atoms with Crippen molar-refractivity contribution < 1.29 is 22.6 Å². The van der Waals surface area contributed by atoms with Crippen molar-refractivity contribution in [2.75, 3.05) is 24.7 Å². The number of ether oxygens (including phenoxy) is 2. The molecule has 0 amide bonds. The predicted octanol–water partition coefficient (Wildman–Crippen LogP) is 5.26. The molecule has 0 fully saturated rings. The summed E-state index contributed by atoms with van der Waals surface area (Å²) in [5.41, 5.74) is 8.61. The number of nitrogen functional groups attached to an aromatic ring is 1. The number of halogens is 3. The van der Waals surface area contributed by atoms with E-state index in [1.807, 2.05) is 26.8 Å². The summed E-state index contributed by atoms with van der Waals surface area (Å²) < 4.78 is 48.5. The zero-order chi connectivity index (χ0) is 27.2. The maximum atomic E-state index is 13.7. The molecule has 0 bridgehead atoms. The van der Waals surface area contributed by atoms with Crippen LogP contribution in [0, 0.1) is 0 Å². The Kier molecular flexibility index (Phi) is 8.72. The van der Waals surface area contributed by atoms with Crippen LogP contribution in [0.25, 0.3) is 22.9 Å². The van der Waals surface area contributed by atoms with Gasteiger partial charge in [-0.2, -0.15) is 0 Å². The molecule has 11 heteroatoms. The topological polar surface area (TPSA) is 104 Å². The van der Waals surface area contributed by atoms with Crippen LogP contribution in [0.4, 0.5) is 24.7 Å². The van der Waals surface area contributed by atoms with Gasteiger partial charge in [0, 0.05) is 48.3 Å². The van der Waals surface area contributed by atoms with E-state index in [-0.39, 0.29) is 5.69 Å². The van der Waals surface area contributed by atoms with E-state index in [1.54, 1.807) is 43.6 Å². The molecule has 0 saturated heterocycles. The van der Waals surface area contributed by atoms with Gasteiger partial charge in [-0.3, -0.25) is 14.4 Å². The summed E-state index contributed by atoms with van der Waals surface area (Å²) in [6.45, 7) is 6.26. The molecule has 1 aliphatic rings. The van der Waals surface area contributed by atoms with Crippen molar-refractivity contribution in [3.8, 4) is 22.7 Å². The molecule has 0 spiro atoms. The quantitative estimate of drug-likeness (QED) is 0.343. The Balaban J connectivity index is 0.00000186. The predicted molar refractivity (Wildman–Crippen MR) is 139 cm³/mol. The first-order valence-corrected chi connectivity index (χ1v) is 11.6. The third-order valence-corrected chi connectivity index (χ3v) is 5.17. The van der Waals surface area contributed by atoms with Gasteiger partial charge in [0.05, 0.1) is 11.9 Å². The van der Waals surface area contributed by atoms with Crippen LogP contribution < -0.4 is 21.3 Å². The average Bonchev–Trinajstić information content (AvgIpc) is 2.86. The van der Waals surface area contributed by atoms with Crippen molar-refractivity contribution in [1.82, 2.24) is 9.55 Å². The maximum Gasteiger partial charge on any atom is 0.574 e. The molecule has 1 unspecified atom stereocenters. The molecule has 2 aromatic heterocycles. The highest BCUT2D eigenvalue weighted by atomic mass is 19.4. The van der Waals surface area contributed by atoms with Gasteiger partial charge in [0.2, 0.25) is 5.88 Å². The van der Waals surface area contributed by atoms with E-state index < -0.39 is 24.0 Å². The summed E-state index contributed by atoms with van der Waals surface area (Å²) in [5.74, 6) is -0.224. The van der Waals surface area contributed by atoms with E-state index in [2.05, 4.69) is 20.0 Å². The van der Waals surface area contributed by atoms with E-state index in [0.717, 1.165) is 12.3 Å². The third-order valence-electron chi connectivity index (χ3n) is 5.17. The number of aromatic nitrogens is 2. The first-order chi connectivity index (χ1) is 17.7. The van der Waals surface area contributed by atoms with Crippen LogP contribution in [0.5, 0.6) is 5.88 Å².